The first-order chi connectivity index (χ1) is 31.5. The molecule has 9 aromatic carbocycles. The highest BCUT2D eigenvalue weighted by molar-refractivity contribution is 5.56. The van der Waals surface area contributed by atoms with E-state index in [-0.39, 0.29) is 0 Å². The third-order valence-corrected chi connectivity index (χ3v) is 9.44. The number of anilines is 2. The van der Waals surface area contributed by atoms with E-state index in [1.807, 2.05) is 194 Å². The second-order valence-electron chi connectivity index (χ2n) is 14.1. The van der Waals surface area contributed by atoms with E-state index in [2.05, 4.69) is 0 Å². The van der Waals surface area contributed by atoms with Crippen LogP contribution in [-0.2, 0) is 0 Å². The molecule has 0 heterocycles. The van der Waals surface area contributed by atoms with Gasteiger partial charge in [0.15, 0.2) is 80.5 Å². The van der Waals surface area contributed by atoms with Gasteiger partial charge in [0, 0.05) is 23.5 Å². The lowest BCUT2D eigenvalue weighted by Crippen LogP contribution is -1.96. The molecule has 10 nitrogen and oxygen atoms in total. The van der Waals surface area contributed by atoms with Crippen LogP contribution in [0.4, 0.5) is 11.4 Å². The summed E-state index contributed by atoms with van der Waals surface area (Å²) in [6.07, 6.45) is 0. The Morgan fingerprint density at radius 2 is 0.359 bits per heavy atom. The third-order valence-electron chi connectivity index (χ3n) is 9.44. The average Bonchev–Trinajstić information content (AvgIpc) is 3.31. The van der Waals surface area contributed by atoms with Crippen LogP contribution in [0.3, 0.4) is 0 Å². The molecule has 64 heavy (non-hydrogen) atoms. The highest BCUT2D eigenvalue weighted by Crippen LogP contribution is 2.46. The fraction of sp³-hybridized carbons (Fsp3) is 0. The van der Waals surface area contributed by atoms with Gasteiger partial charge in [-0.2, -0.15) is 0 Å². The van der Waals surface area contributed by atoms with E-state index in [0.717, 1.165) is 0 Å². The normalized spacial score (nSPS) is 10.6. The molecule has 9 aromatic rings. The number of para-hydroxylation sites is 14. The summed E-state index contributed by atoms with van der Waals surface area (Å²) in [4.78, 5) is 0. The lowest BCUT2D eigenvalue weighted by Gasteiger charge is -2.18. The van der Waals surface area contributed by atoms with E-state index < -0.39 is 0 Å². The second kappa shape index (κ2) is 19.1. The molecular weight excluding hydrogens is 805 g/mol. The van der Waals surface area contributed by atoms with Crippen molar-refractivity contribution in [2.75, 3.05) is 11.5 Å². The van der Waals surface area contributed by atoms with Gasteiger partial charge in [0.05, 0.1) is 0 Å². The van der Waals surface area contributed by atoms with Gasteiger partial charge in [0.2, 0.25) is 0 Å². The topological polar surface area (TPSA) is 126 Å². The molecule has 314 valence electrons. The molecule has 0 unspecified atom stereocenters. The Morgan fingerprint density at radius 3 is 0.531 bits per heavy atom. The van der Waals surface area contributed by atoms with Crippen LogP contribution >= 0.6 is 0 Å². The Kier molecular flexibility index (Phi) is 12.1. The Morgan fingerprint density at radius 1 is 0.188 bits per heavy atom. The average molecular weight is 845 g/mol. The van der Waals surface area contributed by atoms with E-state index in [0.29, 0.717) is 103 Å². The number of hydrogen-bond donors (Lipinski definition) is 2. The second-order valence-corrected chi connectivity index (χ2v) is 14.1. The molecule has 0 spiro atoms. The minimum Gasteiger partial charge on any atom is -0.453 e. The van der Waals surface area contributed by atoms with Gasteiger partial charge in [0.25, 0.3) is 0 Å². The van der Waals surface area contributed by atoms with Crippen LogP contribution in [0.2, 0.25) is 0 Å². The minimum absolute atomic E-state index is 0.436. The van der Waals surface area contributed by atoms with Crippen molar-refractivity contribution in [3.05, 3.63) is 218 Å². The van der Waals surface area contributed by atoms with Crippen molar-refractivity contribution in [2.24, 2.45) is 0 Å². The van der Waals surface area contributed by atoms with Crippen LogP contribution in [0.5, 0.6) is 92.0 Å². The van der Waals surface area contributed by atoms with E-state index >= 15 is 0 Å². The summed E-state index contributed by atoms with van der Waals surface area (Å²) in [5.74, 6) is 7.63. The Hall–Kier alpha value is -9.02. The molecule has 0 aliphatic rings. The Labute approximate surface area is 369 Å². The highest BCUT2D eigenvalue weighted by Gasteiger charge is 2.18. The molecule has 0 atom stereocenters. The zero-order chi connectivity index (χ0) is 43.5. The summed E-state index contributed by atoms with van der Waals surface area (Å²) in [7, 11) is 0. The molecule has 0 saturated heterocycles. The zero-order valence-electron chi connectivity index (χ0n) is 34.2. The maximum Gasteiger partial charge on any atom is 0.170 e. The molecule has 4 N–H and O–H groups in total. The molecule has 0 saturated carbocycles. The van der Waals surface area contributed by atoms with E-state index in [1.165, 1.54) is 0 Å². The summed E-state index contributed by atoms with van der Waals surface area (Å²) < 4.78 is 51.2. The number of hydrogen-bond acceptors (Lipinski definition) is 10. The predicted molar refractivity (Wildman–Crippen MR) is 247 cm³/mol. The fourth-order valence-corrected chi connectivity index (χ4v) is 6.45. The quantitative estimate of drug-likeness (QED) is 0.0908. The number of benzene rings is 9. The molecule has 0 aromatic heterocycles. The summed E-state index contributed by atoms with van der Waals surface area (Å²) >= 11 is 0. The summed E-state index contributed by atoms with van der Waals surface area (Å²) in [6, 6.07) is 66.0. The standard InChI is InChI=1S/C54H40N2O8/c55-37-17-15-19-39(35-37)57-41-21-1-3-23-43(41)59-45-25-5-7-27-47(45)61-49-29-9-11-31-51(49)63-53-33-13-14-34-54(53)64-52-32-12-10-30-50(52)62-48-28-8-6-26-46(48)60-44-24-4-2-22-42(44)58-40-20-16-18-38(56)36-40/h1-36H,55-56H2. The highest BCUT2D eigenvalue weighted by atomic mass is 16.6. The van der Waals surface area contributed by atoms with Crippen molar-refractivity contribution in [3.63, 3.8) is 0 Å². The molecule has 0 fully saturated rings. The molecule has 0 radical (unpaired) electrons. The van der Waals surface area contributed by atoms with Crippen molar-refractivity contribution in [1.82, 2.24) is 0 Å². The fourth-order valence-electron chi connectivity index (χ4n) is 6.45. The van der Waals surface area contributed by atoms with Gasteiger partial charge in [-0.25, -0.2) is 0 Å². The number of nitrogen functional groups attached to an aromatic ring is 2. The van der Waals surface area contributed by atoms with Crippen molar-refractivity contribution in [2.45, 2.75) is 0 Å². The molecule has 0 aliphatic heterocycles. The van der Waals surface area contributed by atoms with Crippen LogP contribution in [-0.4, -0.2) is 0 Å². The maximum absolute atomic E-state index is 6.54. The lowest BCUT2D eigenvalue weighted by molar-refractivity contribution is 0.367. The van der Waals surface area contributed by atoms with Gasteiger partial charge in [-0.05, 0) is 109 Å². The number of nitrogens with two attached hydrogens (primary N) is 2. The molecular formula is C54H40N2O8. The van der Waals surface area contributed by atoms with Gasteiger partial charge >= 0.3 is 0 Å². The Balaban J connectivity index is 0.927. The molecule has 9 rings (SSSR count). The van der Waals surface area contributed by atoms with Crippen LogP contribution in [0.25, 0.3) is 0 Å². The van der Waals surface area contributed by atoms with Crippen molar-refractivity contribution in [3.8, 4) is 92.0 Å². The van der Waals surface area contributed by atoms with E-state index in [9.17, 15) is 0 Å². The summed E-state index contributed by atoms with van der Waals surface area (Å²) in [5, 5.41) is 0. The lowest BCUT2D eigenvalue weighted by atomic mass is 10.2. The van der Waals surface area contributed by atoms with Crippen LogP contribution in [0, 0.1) is 0 Å². The van der Waals surface area contributed by atoms with Crippen LogP contribution < -0.4 is 49.4 Å². The maximum atomic E-state index is 6.54. The molecule has 0 aliphatic carbocycles. The summed E-state index contributed by atoms with van der Waals surface area (Å²) in [5.41, 5.74) is 13.2. The van der Waals surface area contributed by atoms with E-state index in [4.69, 9.17) is 49.4 Å². The van der Waals surface area contributed by atoms with Gasteiger partial charge in [-0.15, -0.1) is 0 Å². The third kappa shape index (κ3) is 9.94. The van der Waals surface area contributed by atoms with Crippen molar-refractivity contribution < 1.29 is 37.9 Å². The van der Waals surface area contributed by atoms with Gasteiger partial charge in [0.1, 0.15) is 11.5 Å². The first-order valence-electron chi connectivity index (χ1n) is 20.3. The first-order valence-corrected chi connectivity index (χ1v) is 20.3. The predicted octanol–water partition coefficient (Wildman–Crippen LogP) is 15.2. The van der Waals surface area contributed by atoms with Gasteiger partial charge in [-0.1, -0.05) is 97.1 Å². The smallest absolute Gasteiger partial charge is 0.170 e. The zero-order valence-corrected chi connectivity index (χ0v) is 34.2. The van der Waals surface area contributed by atoms with Crippen LogP contribution in [0.15, 0.2) is 218 Å². The number of ether oxygens (including phenoxy) is 8. The van der Waals surface area contributed by atoms with Gasteiger partial charge < -0.3 is 49.4 Å². The SMILES string of the molecule is Nc1cccc(Oc2ccccc2Oc2ccccc2Oc2ccccc2Oc2ccccc2Oc2ccccc2Oc2ccccc2Oc2ccccc2Oc2cccc(N)c2)c1. The largest absolute Gasteiger partial charge is 0.453 e. The Bertz CT molecular complexity index is 2820. The van der Waals surface area contributed by atoms with E-state index in [1.54, 1.807) is 24.3 Å². The number of rotatable bonds is 16. The molecule has 10 heteroatoms. The van der Waals surface area contributed by atoms with Crippen molar-refractivity contribution in [1.29, 1.82) is 0 Å². The summed E-state index contributed by atoms with van der Waals surface area (Å²) in [6.45, 7) is 0. The first kappa shape index (κ1) is 40.4. The molecule has 0 bridgehead atoms. The monoisotopic (exact) mass is 844 g/mol. The minimum atomic E-state index is 0.436. The molecule has 0 amide bonds. The van der Waals surface area contributed by atoms with Gasteiger partial charge in [-0.3, -0.25) is 0 Å². The van der Waals surface area contributed by atoms with Crippen molar-refractivity contribution >= 4 is 11.4 Å². The van der Waals surface area contributed by atoms with Crippen LogP contribution in [0.1, 0.15) is 0 Å².